The molecule has 8 heteroatoms. The van der Waals surface area contributed by atoms with Gasteiger partial charge in [0.25, 0.3) is 10.0 Å². The van der Waals surface area contributed by atoms with Gasteiger partial charge in [-0.05, 0) is 12.1 Å². The number of carboxylic acid groups (broad SMARTS) is 1. The number of furan rings is 1. The normalized spacial score (nSPS) is 12.8. The molecule has 0 aliphatic carbocycles. The Morgan fingerprint density at radius 1 is 1.40 bits per heavy atom. The molecule has 1 aromatic heterocycles. The molecule has 114 valence electrons. The van der Waals surface area contributed by atoms with Crippen molar-refractivity contribution in [3.8, 4) is 0 Å². The molecule has 0 saturated carbocycles. The van der Waals surface area contributed by atoms with Crippen LogP contribution in [-0.4, -0.2) is 41.6 Å². The number of hydrogen-bond donors (Lipinski definition) is 2. The van der Waals surface area contributed by atoms with E-state index in [9.17, 15) is 18.3 Å². The van der Waals surface area contributed by atoms with Crippen LogP contribution in [0.1, 0.15) is 24.4 Å². The van der Waals surface area contributed by atoms with Crippen molar-refractivity contribution >= 4 is 16.0 Å². The summed E-state index contributed by atoms with van der Waals surface area (Å²) in [5.74, 6) is -2.06. The van der Waals surface area contributed by atoms with E-state index < -0.39 is 26.8 Å². The van der Waals surface area contributed by atoms with Gasteiger partial charge < -0.3 is 19.2 Å². The molecule has 1 heterocycles. The van der Waals surface area contributed by atoms with Gasteiger partial charge in [-0.3, -0.25) is 0 Å². The van der Waals surface area contributed by atoms with E-state index in [0.29, 0.717) is 0 Å². The van der Waals surface area contributed by atoms with Gasteiger partial charge >= 0.3 is 0 Å². The largest absolute Gasteiger partial charge is 0.542 e. The van der Waals surface area contributed by atoms with Gasteiger partial charge in [-0.15, -0.1) is 0 Å². The second kappa shape index (κ2) is 5.94. The summed E-state index contributed by atoms with van der Waals surface area (Å²) < 4.78 is 31.1. The van der Waals surface area contributed by atoms with E-state index in [0.717, 1.165) is 18.7 Å². The van der Waals surface area contributed by atoms with Crippen LogP contribution in [0, 0.1) is 5.41 Å². The zero-order valence-corrected chi connectivity index (χ0v) is 12.8. The minimum Gasteiger partial charge on any atom is -0.542 e. The first-order valence-corrected chi connectivity index (χ1v) is 7.62. The number of aromatic carboxylic acids is 1. The Bertz CT molecular complexity index is 574. The highest BCUT2D eigenvalue weighted by atomic mass is 32.2. The maximum Gasteiger partial charge on any atom is 0.274 e. The van der Waals surface area contributed by atoms with E-state index in [2.05, 4.69) is 4.72 Å². The summed E-state index contributed by atoms with van der Waals surface area (Å²) in [6, 6.07) is 2.15. The smallest absolute Gasteiger partial charge is 0.274 e. The molecule has 0 bridgehead atoms. The first kappa shape index (κ1) is 16.7. The summed E-state index contributed by atoms with van der Waals surface area (Å²) >= 11 is 0. The number of nitrogens with one attached hydrogen (secondary N) is 2. The van der Waals surface area contributed by atoms with Gasteiger partial charge in [-0.1, -0.05) is 13.8 Å². The van der Waals surface area contributed by atoms with Crippen molar-refractivity contribution in [3.05, 3.63) is 17.9 Å². The first-order valence-electron chi connectivity index (χ1n) is 6.13. The Hall–Kier alpha value is -1.38. The quantitative estimate of drug-likeness (QED) is 0.612. The van der Waals surface area contributed by atoms with Gasteiger partial charge in [-0.25, -0.2) is 13.1 Å². The van der Waals surface area contributed by atoms with Gasteiger partial charge in [0.1, 0.15) is 5.97 Å². The minimum atomic E-state index is -3.86. The summed E-state index contributed by atoms with van der Waals surface area (Å²) in [6.45, 7) is 4.88. The fraction of sp³-hybridized carbons (Fsp3) is 0.583. The molecular formula is C12H20N2O5S. The minimum absolute atomic E-state index is 0.224. The van der Waals surface area contributed by atoms with Crippen molar-refractivity contribution < 1.29 is 27.6 Å². The molecule has 1 aromatic rings. The number of quaternary nitrogens is 1. The zero-order chi connectivity index (χ0) is 15.6. The summed E-state index contributed by atoms with van der Waals surface area (Å²) in [5, 5.41) is 10.1. The van der Waals surface area contributed by atoms with E-state index in [1.807, 2.05) is 27.9 Å². The van der Waals surface area contributed by atoms with Gasteiger partial charge in [-0.2, -0.15) is 0 Å². The molecule has 0 fully saturated rings. The predicted octanol–water partition coefficient (Wildman–Crippen LogP) is -1.91. The number of rotatable bonds is 7. The maximum absolute atomic E-state index is 12.0. The van der Waals surface area contributed by atoms with Crippen molar-refractivity contribution in [1.29, 1.82) is 0 Å². The number of sulfonamides is 1. The summed E-state index contributed by atoms with van der Waals surface area (Å²) in [7, 11) is 0.103. The van der Waals surface area contributed by atoms with Crippen molar-refractivity contribution in [2.45, 2.75) is 18.9 Å². The molecule has 0 saturated heterocycles. The highest BCUT2D eigenvalue weighted by Gasteiger charge is 2.26. The van der Waals surface area contributed by atoms with Crippen molar-refractivity contribution in [2.24, 2.45) is 5.41 Å². The van der Waals surface area contributed by atoms with E-state index in [1.54, 1.807) is 0 Å². The molecule has 0 aromatic carbocycles. The number of carbonyl (C=O) groups excluding carboxylic acids is 1. The molecule has 0 atom stereocenters. The standard InChI is InChI=1S/C12H20N2O5S/c1-12(2,8-14(3)4)7-13-20(17,18)10-6-5-9(19-10)11(15)16/h5-6,13H,7-8H2,1-4H3,(H,15,16). The SMILES string of the molecule is C[NH+](C)CC(C)(C)CNS(=O)(=O)c1ccc(C(=O)[O-])o1. The van der Waals surface area contributed by atoms with E-state index >= 15 is 0 Å². The summed E-state index contributed by atoms with van der Waals surface area (Å²) in [6.07, 6.45) is 0. The van der Waals surface area contributed by atoms with Crippen LogP contribution in [-0.2, 0) is 10.0 Å². The lowest BCUT2D eigenvalue weighted by Gasteiger charge is -2.25. The van der Waals surface area contributed by atoms with Crippen molar-refractivity contribution in [2.75, 3.05) is 27.2 Å². The molecule has 0 radical (unpaired) electrons. The second-order valence-electron chi connectivity index (χ2n) is 5.78. The zero-order valence-electron chi connectivity index (χ0n) is 12.0. The molecule has 0 aliphatic heterocycles. The molecular weight excluding hydrogens is 284 g/mol. The van der Waals surface area contributed by atoms with Gasteiger partial charge in [0, 0.05) is 12.0 Å². The molecule has 0 aliphatic rings. The monoisotopic (exact) mass is 304 g/mol. The van der Waals surface area contributed by atoms with Crippen molar-refractivity contribution in [3.63, 3.8) is 0 Å². The molecule has 7 nitrogen and oxygen atoms in total. The maximum atomic E-state index is 12.0. The third-order valence-electron chi connectivity index (χ3n) is 2.62. The first-order chi connectivity index (χ1) is 9.03. The molecule has 1 rings (SSSR count). The van der Waals surface area contributed by atoms with Crippen LogP contribution in [0.2, 0.25) is 0 Å². The van der Waals surface area contributed by atoms with Gasteiger partial charge in [0.15, 0.2) is 5.76 Å². The van der Waals surface area contributed by atoms with E-state index in [-0.39, 0.29) is 12.0 Å². The van der Waals surface area contributed by atoms with Crippen LogP contribution in [0.25, 0.3) is 0 Å². The number of hydrogen-bond acceptors (Lipinski definition) is 5. The molecule has 20 heavy (non-hydrogen) atoms. The van der Waals surface area contributed by atoms with Crippen LogP contribution >= 0.6 is 0 Å². The van der Waals surface area contributed by atoms with E-state index in [1.165, 1.54) is 4.90 Å². The number of carbonyl (C=O) groups is 1. The lowest BCUT2D eigenvalue weighted by molar-refractivity contribution is -0.865. The van der Waals surface area contributed by atoms with E-state index in [4.69, 9.17) is 4.42 Å². The third kappa shape index (κ3) is 4.62. The highest BCUT2D eigenvalue weighted by Crippen LogP contribution is 2.16. The Kier molecular flexibility index (Phi) is 4.95. The van der Waals surface area contributed by atoms with Crippen LogP contribution in [0.15, 0.2) is 21.6 Å². The highest BCUT2D eigenvalue weighted by molar-refractivity contribution is 7.89. The summed E-state index contributed by atoms with van der Waals surface area (Å²) in [4.78, 5) is 11.8. The van der Waals surface area contributed by atoms with Gasteiger partial charge in [0.05, 0.1) is 20.6 Å². The lowest BCUT2D eigenvalue weighted by atomic mass is 9.93. The van der Waals surface area contributed by atoms with Crippen molar-refractivity contribution in [1.82, 2.24) is 4.72 Å². The third-order valence-corrected chi connectivity index (χ3v) is 3.89. The van der Waals surface area contributed by atoms with Crippen LogP contribution in [0.3, 0.4) is 0 Å². The topological polar surface area (TPSA) is 104 Å². The average molecular weight is 304 g/mol. The second-order valence-corrected chi connectivity index (χ2v) is 7.48. The lowest BCUT2D eigenvalue weighted by Crippen LogP contribution is -3.07. The summed E-state index contributed by atoms with van der Waals surface area (Å²) in [5.41, 5.74) is -0.240. The molecule has 0 spiro atoms. The van der Waals surface area contributed by atoms with Crippen LogP contribution in [0.4, 0.5) is 0 Å². The van der Waals surface area contributed by atoms with Crippen LogP contribution < -0.4 is 14.7 Å². The molecule has 2 N–H and O–H groups in total. The Morgan fingerprint density at radius 3 is 2.45 bits per heavy atom. The predicted molar refractivity (Wildman–Crippen MR) is 69.7 cm³/mol. The molecule has 0 amide bonds. The fourth-order valence-electron chi connectivity index (χ4n) is 1.96. The molecule has 0 unspecified atom stereocenters. The Labute approximate surface area is 118 Å². The average Bonchev–Trinajstić information content (AvgIpc) is 2.75. The van der Waals surface area contributed by atoms with Crippen LogP contribution in [0.5, 0.6) is 0 Å². The van der Waals surface area contributed by atoms with Gasteiger partial charge in [0.2, 0.25) is 5.09 Å². The number of carboxylic acids is 1. The Balaban J connectivity index is 2.77. The fourth-order valence-corrected chi connectivity index (χ4v) is 3.13. The Morgan fingerprint density at radius 2 is 2.00 bits per heavy atom.